The summed E-state index contributed by atoms with van der Waals surface area (Å²) in [6.45, 7) is 3.27. The Morgan fingerprint density at radius 2 is 2.00 bits per heavy atom. The highest BCUT2D eigenvalue weighted by Gasteiger charge is 2.16. The molecule has 0 saturated carbocycles. The molecule has 1 N–H and O–H groups in total. The molecule has 110 valence electrons. The lowest BCUT2D eigenvalue weighted by Crippen LogP contribution is -2.27. The molecule has 1 aromatic carbocycles. The molecule has 0 fully saturated rings. The van der Waals surface area contributed by atoms with E-state index in [-0.39, 0.29) is 5.91 Å². The number of carbonyl (C=O) groups excluding carboxylic acids is 1. The first kappa shape index (κ1) is 15.3. The highest BCUT2D eigenvalue weighted by atomic mass is 35.5. The number of hydrogen-bond acceptors (Lipinski definition) is 3. The minimum atomic E-state index is -0.0611. The highest BCUT2D eigenvalue weighted by molar-refractivity contribution is 6.30. The Labute approximate surface area is 129 Å². The molecule has 2 aromatic rings. The quantitative estimate of drug-likeness (QED) is 0.920. The minimum absolute atomic E-state index is 0.0611. The molecule has 0 aliphatic rings. The van der Waals surface area contributed by atoms with Crippen LogP contribution in [0.15, 0.2) is 42.7 Å². The Morgan fingerprint density at radius 3 is 2.67 bits per heavy atom. The Balaban J connectivity index is 2.13. The van der Waals surface area contributed by atoms with E-state index in [0.29, 0.717) is 17.1 Å². The second kappa shape index (κ2) is 7.09. The summed E-state index contributed by atoms with van der Waals surface area (Å²) in [6, 6.07) is 9.29. The van der Waals surface area contributed by atoms with E-state index in [1.807, 2.05) is 37.3 Å². The number of anilines is 1. The van der Waals surface area contributed by atoms with Crippen LogP contribution in [0.2, 0.25) is 5.02 Å². The minimum Gasteiger partial charge on any atom is -0.385 e. The molecule has 1 amide bonds. The normalized spacial score (nSPS) is 10.2. The molecule has 0 aliphatic carbocycles. The van der Waals surface area contributed by atoms with Crippen molar-refractivity contribution in [3.05, 3.63) is 58.9 Å². The van der Waals surface area contributed by atoms with Crippen molar-refractivity contribution in [1.29, 1.82) is 0 Å². The summed E-state index contributed by atoms with van der Waals surface area (Å²) in [4.78, 5) is 18.2. The van der Waals surface area contributed by atoms with E-state index in [2.05, 4.69) is 10.3 Å². The van der Waals surface area contributed by atoms with Crippen LogP contribution in [0.1, 0.15) is 22.8 Å². The summed E-state index contributed by atoms with van der Waals surface area (Å²) < 4.78 is 0. The maximum atomic E-state index is 12.5. The van der Waals surface area contributed by atoms with Gasteiger partial charge in [-0.3, -0.25) is 9.78 Å². The highest BCUT2D eigenvalue weighted by Crippen LogP contribution is 2.17. The van der Waals surface area contributed by atoms with Crippen molar-refractivity contribution in [1.82, 2.24) is 9.88 Å². The maximum Gasteiger partial charge on any atom is 0.257 e. The van der Waals surface area contributed by atoms with Crippen molar-refractivity contribution >= 4 is 23.2 Å². The number of benzene rings is 1. The molecule has 0 atom stereocenters. The third-order valence-corrected chi connectivity index (χ3v) is 3.35. The summed E-state index contributed by atoms with van der Waals surface area (Å²) in [6.07, 6.45) is 3.27. The third-order valence-electron chi connectivity index (χ3n) is 3.10. The number of aromatic nitrogens is 1. The molecule has 0 bridgehead atoms. The zero-order chi connectivity index (χ0) is 15.2. The first-order valence-corrected chi connectivity index (χ1v) is 7.17. The topological polar surface area (TPSA) is 45.2 Å². The number of amides is 1. The summed E-state index contributed by atoms with van der Waals surface area (Å²) in [5, 5.41) is 3.87. The summed E-state index contributed by atoms with van der Waals surface area (Å²) in [5.41, 5.74) is 2.42. The van der Waals surface area contributed by atoms with Crippen LogP contribution in [0.3, 0.4) is 0 Å². The molecule has 21 heavy (non-hydrogen) atoms. The van der Waals surface area contributed by atoms with Crippen molar-refractivity contribution in [2.45, 2.75) is 13.5 Å². The number of nitrogens with one attached hydrogen (secondary N) is 1. The fourth-order valence-electron chi connectivity index (χ4n) is 2.05. The number of carbonyl (C=O) groups is 1. The van der Waals surface area contributed by atoms with Gasteiger partial charge in [0.05, 0.1) is 11.3 Å². The average molecular weight is 304 g/mol. The molecule has 0 spiro atoms. The SMILES string of the molecule is CCNc1ccncc1C(=O)N(C)Cc1ccc(Cl)cc1. The van der Waals surface area contributed by atoms with Crippen molar-refractivity contribution in [2.24, 2.45) is 0 Å². The lowest BCUT2D eigenvalue weighted by Gasteiger charge is -2.19. The second-order valence-electron chi connectivity index (χ2n) is 4.74. The van der Waals surface area contributed by atoms with Crippen LogP contribution in [-0.2, 0) is 6.54 Å². The zero-order valence-corrected chi connectivity index (χ0v) is 12.9. The van der Waals surface area contributed by atoms with Gasteiger partial charge in [0.2, 0.25) is 0 Å². The van der Waals surface area contributed by atoms with Crippen molar-refractivity contribution in [3.8, 4) is 0 Å². The second-order valence-corrected chi connectivity index (χ2v) is 5.18. The fraction of sp³-hybridized carbons (Fsp3) is 0.250. The molecule has 0 radical (unpaired) electrons. The van der Waals surface area contributed by atoms with E-state index in [1.54, 1.807) is 24.3 Å². The number of nitrogens with zero attached hydrogens (tertiary/aromatic N) is 2. The van der Waals surface area contributed by atoms with Crippen LogP contribution >= 0.6 is 11.6 Å². The van der Waals surface area contributed by atoms with E-state index in [9.17, 15) is 4.79 Å². The molecular weight excluding hydrogens is 286 g/mol. The number of rotatable bonds is 5. The van der Waals surface area contributed by atoms with Crippen molar-refractivity contribution in [3.63, 3.8) is 0 Å². The first-order chi connectivity index (χ1) is 10.1. The fourth-order valence-corrected chi connectivity index (χ4v) is 2.18. The van der Waals surface area contributed by atoms with Gasteiger partial charge in [-0.15, -0.1) is 0 Å². The van der Waals surface area contributed by atoms with Gasteiger partial charge < -0.3 is 10.2 Å². The Bertz CT molecular complexity index is 613. The van der Waals surface area contributed by atoms with Gasteiger partial charge in [-0.25, -0.2) is 0 Å². The van der Waals surface area contributed by atoms with Gasteiger partial charge in [0, 0.05) is 37.6 Å². The molecule has 2 rings (SSSR count). The summed E-state index contributed by atoms with van der Waals surface area (Å²) in [5.74, 6) is -0.0611. The van der Waals surface area contributed by atoms with Crippen LogP contribution in [0, 0.1) is 0 Å². The maximum absolute atomic E-state index is 12.5. The average Bonchev–Trinajstić information content (AvgIpc) is 2.50. The van der Waals surface area contributed by atoms with Crippen LogP contribution in [0.4, 0.5) is 5.69 Å². The number of halogens is 1. The predicted molar refractivity (Wildman–Crippen MR) is 85.7 cm³/mol. The first-order valence-electron chi connectivity index (χ1n) is 6.79. The number of pyridine rings is 1. The molecule has 0 unspecified atom stereocenters. The van der Waals surface area contributed by atoms with Gasteiger partial charge in [0.1, 0.15) is 0 Å². The van der Waals surface area contributed by atoms with Crippen LogP contribution in [0.25, 0.3) is 0 Å². The molecule has 1 aromatic heterocycles. The Hall–Kier alpha value is -2.07. The molecular formula is C16H18ClN3O. The molecule has 5 heteroatoms. The van der Waals surface area contributed by atoms with Gasteiger partial charge in [-0.2, -0.15) is 0 Å². The summed E-state index contributed by atoms with van der Waals surface area (Å²) >= 11 is 5.87. The van der Waals surface area contributed by atoms with E-state index in [1.165, 1.54) is 0 Å². The molecule has 0 saturated heterocycles. The van der Waals surface area contributed by atoms with Gasteiger partial charge in [0.15, 0.2) is 0 Å². The van der Waals surface area contributed by atoms with Gasteiger partial charge in [-0.1, -0.05) is 23.7 Å². The third kappa shape index (κ3) is 3.95. The monoisotopic (exact) mass is 303 g/mol. The smallest absolute Gasteiger partial charge is 0.257 e. The molecule has 4 nitrogen and oxygen atoms in total. The van der Waals surface area contributed by atoms with Gasteiger partial charge >= 0.3 is 0 Å². The van der Waals surface area contributed by atoms with E-state index < -0.39 is 0 Å². The largest absolute Gasteiger partial charge is 0.385 e. The zero-order valence-electron chi connectivity index (χ0n) is 12.1. The standard InChI is InChI=1S/C16H18ClN3O/c1-3-19-15-8-9-18-10-14(15)16(21)20(2)11-12-4-6-13(17)7-5-12/h4-10H,3,11H2,1-2H3,(H,18,19). The van der Waals surface area contributed by atoms with Crippen LogP contribution in [0.5, 0.6) is 0 Å². The lowest BCUT2D eigenvalue weighted by atomic mass is 10.1. The summed E-state index contributed by atoms with van der Waals surface area (Å²) in [7, 11) is 1.78. The molecule has 1 heterocycles. The van der Waals surface area contributed by atoms with Crippen molar-refractivity contribution < 1.29 is 4.79 Å². The van der Waals surface area contributed by atoms with E-state index in [4.69, 9.17) is 11.6 Å². The van der Waals surface area contributed by atoms with Gasteiger partial charge in [-0.05, 0) is 30.7 Å². The Morgan fingerprint density at radius 1 is 1.29 bits per heavy atom. The van der Waals surface area contributed by atoms with E-state index in [0.717, 1.165) is 17.8 Å². The number of hydrogen-bond donors (Lipinski definition) is 1. The van der Waals surface area contributed by atoms with Crippen LogP contribution < -0.4 is 5.32 Å². The van der Waals surface area contributed by atoms with Crippen molar-refractivity contribution in [2.75, 3.05) is 18.9 Å². The lowest BCUT2D eigenvalue weighted by molar-refractivity contribution is 0.0785. The van der Waals surface area contributed by atoms with Crippen LogP contribution in [-0.4, -0.2) is 29.4 Å². The van der Waals surface area contributed by atoms with Gasteiger partial charge in [0.25, 0.3) is 5.91 Å². The molecule has 0 aliphatic heterocycles. The van der Waals surface area contributed by atoms with E-state index >= 15 is 0 Å². The predicted octanol–water partition coefficient (Wildman–Crippen LogP) is 3.44. The Kier molecular flexibility index (Phi) is 5.17.